The second-order valence-corrected chi connectivity index (χ2v) is 5.34. The van der Waals surface area contributed by atoms with Crippen molar-refractivity contribution in [2.24, 2.45) is 5.41 Å². The first kappa shape index (κ1) is 11.2. The summed E-state index contributed by atoms with van der Waals surface area (Å²) in [7, 11) is 0. The molecule has 1 aliphatic rings. The lowest BCUT2D eigenvalue weighted by Crippen LogP contribution is -2.30. The average Bonchev–Trinajstić information content (AvgIpc) is 2.26. The van der Waals surface area contributed by atoms with Crippen molar-refractivity contribution in [1.29, 1.82) is 0 Å². The molecule has 1 unspecified atom stereocenters. The molecule has 2 rings (SSSR count). The van der Waals surface area contributed by atoms with Crippen molar-refractivity contribution in [1.82, 2.24) is 0 Å². The number of Topliss-reactive ketones (excluding diaryl/α,β-unsaturated/α-hetero) is 1. The fraction of sp³-hybridized carbons (Fsp3) is 0.500. The first-order valence-corrected chi connectivity index (χ1v) is 5.76. The summed E-state index contributed by atoms with van der Waals surface area (Å²) in [5.41, 5.74) is 0.767. The van der Waals surface area contributed by atoms with Crippen LogP contribution in [0.15, 0.2) is 24.3 Å². The van der Waals surface area contributed by atoms with E-state index < -0.39 is 0 Å². The number of para-hydroxylation sites is 1. The van der Waals surface area contributed by atoms with Gasteiger partial charge in [0.2, 0.25) is 0 Å². The van der Waals surface area contributed by atoms with Gasteiger partial charge in [0.25, 0.3) is 0 Å². The van der Waals surface area contributed by atoms with Crippen molar-refractivity contribution in [3.05, 3.63) is 29.8 Å². The van der Waals surface area contributed by atoms with E-state index in [1.807, 2.05) is 45.0 Å². The highest BCUT2D eigenvalue weighted by Crippen LogP contribution is 2.37. The van der Waals surface area contributed by atoms with E-state index in [-0.39, 0.29) is 11.3 Å². The number of benzene rings is 1. The average molecular weight is 218 g/mol. The maximum absolute atomic E-state index is 12.3. The molecule has 0 amide bonds. The van der Waals surface area contributed by atoms with Crippen molar-refractivity contribution >= 4 is 5.78 Å². The third-order valence-corrected chi connectivity index (χ3v) is 3.01. The van der Waals surface area contributed by atoms with E-state index in [0.717, 1.165) is 17.7 Å². The van der Waals surface area contributed by atoms with E-state index in [4.69, 9.17) is 4.74 Å². The summed E-state index contributed by atoms with van der Waals surface area (Å²) < 4.78 is 5.56. The van der Waals surface area contributed by atoms with Gasteiger partial charge in [0, 0.05) is 11.0 Å². The predicted octanol–water partition coefficient (Wildman–Crippen LogP) is 3.17. The van der Waals surface area contributed by atoms with Gasteiger partial charge >= 0.3 is 0 Å². The zero-order valence-electron chi connectivity index (χ0n) is 10.1. The molecule has 0 aromatic heterocycles. The number of carbonyl (C=O) groups is 1. The van der Waals surface area contributed by atoms with E-state index in [2.05, 4.69) is 0 Å². The largest absolute Gasteiger partial charge is 0.493 e. The second kappa shape index (κ2) is 3.93. The van der Waals surface area contributed by atoms with Gasteiger partial charge in [0.1, 0.15) is 11.5 Å². The molecule has 0 N–H and O–H groups in total. The molecule has 0 aliphatic carbocycles. The maximum Gasteiger partial charge on any atom is 0.145 e. The Bertz CT molecular complexity index is 401. The molecule has 86 valence electrons. The summed E-state index contributed by atoms with van der Waals surface area (Å²) in [6, 6.07) is 7.86. The number of rotatable bonds is 1. The van der Waals surface area contributed by atoms with E-state index in [0.29, 0.717) is 12.4 Å². The Balaban J connectivity index is 2.36. The smallest absolute Gasteiger partial charge is 0.145 e. The quantitative estimate of drug-likeness (QED) is 0.723. The highest BCUT2D eigenvalue weighted by Gasteiger charge is 2.33. The molecule has 0 saturated carbocycles. The van der Waals surface area contributed by atoms with E-state index in [1.165, 1.54) is 0 Å². The van der Waals surface area contributed by atoms with Crippen LogP contribution >= 0.6 is 0 Å². The molecule has 16 heavy (non-hydrogen) atoms. The lowest BCUT2D eigenvalue weighted by molar-refractivity contribution is -0.128. The fourth-order valence-corrected chi connectivity index (χ4v) is 2.14. The van der Waals surface area contributed by atoms with Crippen molar-refractivity contribution in [3.63, 3.8) is 0 Å². The van der Waals surface area contributed by atoms with Gasteiger partial charge in [0.05, 0.1) is 12.5 Å². The molecule has 0 radical (unpaired) electrons. The monoisotopic (exact) mass is 218 g/mol. The van der Waals surface area contributed by atoms with Crippen molar-refractivity contribution in [2.75, 3.05) is 6.61 Å². The summed E-state index contributed by atoms with van der Waals surface area (Å²) in [6.45, 7) is 6.58. The number of ketones is 1. The zero-order valence-corrected chi connectivity index (χ0v) is 10.1. The Morgan fingerprint density at radius 2 is 2.00 bits per heavy atom. The number of hydrogen-bond donors (Lipinski definition) is 0. The molecule has 1 aliphatic heterocycles. The first-order valence-electron chi connectivity index (χ1n) is 5.76. The minimum absolute atomic E-state index is 0.00458. The van der Waals surface area contributed by atoms with Gasteiger partial charge in [-0.3, -0.25) is 4.79 Å². The van der Waals surface area contributed by atoms with E-state index in [9.17, 15) is 4.79 Å². The summed E-state index contributed by atoms with van der Waals surface area (Å²) in [5.74, 6) is 1.18. The summed E-state index contributed by atoms with van der Waals surface area (Å²) in [4.78, 5) is 12.3. The summed E-state index contributed by atoms with van der Waals surface area (Å²) >= 11 is 0. The van der Waals surface area contributed by atoms with E-state index in [1.54, 1.807) is 0 Å². The van der Waals surface area contributed by atoms with Crippen molar-refractivity contribution in [2.45, 2.75) is 33.1 Å². The lowest BCUT2D eigenvalue weighted by atomic mass is 9.77. The Labute approximate surface area is 96.6 Å². The highest BCUT2D eigenvalue weighted by molar-refractivity contribution is 5.90. The molecular formula is C14H18O2. The van der Waals surface area contributed by atoms with Crippen LogP contribution in [0.3, 0.4) is 0 Å². The number of carbonyl (C=O) groups excluding carboxylic acids is 1. The van der Waals surface area contributed by atoms with Crippen molar-refractivity contribution < 1.29 is 9.53 Å². The molecule has 1 heterocycles. The van der Waals surface area contributed by atoms with Crippen LogP contribution in [0, 0.1) is 5.41 Å². The third-order valence-electron chi connectivity index (χ3n) is 3.01. The minimum Gasteiger partial charge on any atom is -0.493 e. The van der Waals surface area contributed by atoms with Gasteiger partial charge in [-0.15, -0.1) is 0 Å². The molecular weight excluding hydrogens is 200 g/mol. The summed E-state index contributed by atoms with van der Waals surface area (Å²) in [5, 5.41) is 0. The van der Waals surface area contributed by atoms with Crippen LogP contribution in [0.5, 0.6) is 5.75 Å². The topological polar surface area (TPSA) is 26.3 Å². The van der Waals surface area contributed by atoms with Crippen LogP contribution in [0.1, 0.15) is 38.7 Å². The van der Waals surface area contributed by atoms with Gasteiger partial charge in [-0.1, -0.05) is 39.0 Å². The molecule has 2 nitrogen and oxygen atoms in total. The molecule has 0 fully saturated rings. The molecule has 1 aromatic carbocycles. The normalized spacial score (nSPS) is 19.8. The molecule has 0 saturated heterocycles. The Morgan fingerprint density at radius 1 is 1.31 bits per heavy atom. The zero-order chi connectivity index (χ0) is 11.8. The van der Waals surface area contributed by atoms with Crippen LogP contribution in [-0.4, -0.2) is 12.4 Å². The number of ether oxygens (including phenoxy) is 1. The number of fused-ring (bicyclic) bond motifs is 1. The third kappa shape index (κ3) is 1.97. The molecule has 1 atom stereocenters. The van der Waals surface area contributed by atoms with Crippen molar-refractivity contribution in [3.8, 4) is 5.75 Å². The standard InChI is InChI=1S/C14H18O2/c1-14(2,3)13(15)11-8-9-16-12-7-5-4-6-10(11)12/h4-7,11H,8-9H2,1-3H3. The van der Waals surface area contributed by atoms with Crippen LogP contribution in [-0.2, 0) is 4.79 Å². The molecule has 0 bridgehead atoms. The Kier molecular flexibility index (Phi) is 2.75. The molecule has 0 spiro atoms. The van der Waals surface area contributed by atoms with E-state index >= 15 is 0 Å². The van der Waals surface area contributed by atoms with Gasteiger partial charge in [0.15, 0.2) is 0 Å². The van der Waals surface area contributed by atoms with Crippen LogP contribution in [0.4, 0.5) is 0 Å². The SMILES string of the molecule is CC(C)(C)C(=O)C1CCOc2ccccc21. The minimum atomic E-state index is -0.283. The lowest BCUT2D eigenvalue weighted by Gasteiger charge is -2.29. The van der Waals surface area contributed by atoms with Crippen LogP contribution in [0.2, 0.25) is 0 Å². The van der Waals surface area contributed by atoms with Gasteiger partial charge in [-0.25, -0.2) is 0 Å². The van der Waals surface area contributed by atoms with Gasteiger partial charge in [-0.2, -0.15) is 0 Å². The second-order valence-electron chi connectivity index (χ2n) is 5.34. The van der Waals surface area contributed by atoms with Gasteiger partial charge in [-0.05, 0) is 12.5 Å². The predicted molar refractivity (Wildman–Crippen MR) is 63.8 cm³/mol. The summed E-state index contributed by atoms with van der Waals surface area (Å²) in [6.07, 6.45) is 0.799. The van der Waals surface area contributed by atoms with Crippen LogP contribution in [0.25, 0.3) is 0 Å². The maximum atomic E-state index is 12.3. The fourth-order valence-electron chi connectivity index (χ4n) is 2.14. The number of hydrogen-bond acceptors (Lipinski definition) is 2. The molecule has 1 aromatic rings. The first-order chi connectivity index (χ1) is 7.50. The molecule has 2 heteroatoms. The Hall–Kier alpha value is -1.31. The van der Waals surface area contributed by atoms with Crippen LogP contribution < -0.4 is 4.74 Å². The van der Waals surface area contributed by atoms with Gasteiger partial charge < -0.3 is 4.74 Å². The Morgan fingerprint density at radius 3 is 2.69 bits per heavy atom. The highest BCUT2D eigenvalue weighted by atomic mass is 16.5.